The minimum Gasteiger partial charge on any atom is -0.384 e. The molecule has 6 heteroatoms. The maximum absolute atomic E-state index is 11.8. The summed E-state index contributed by atoms with van der Waals surface area (Å²) in [5.41, 5.74) is 0.0183. The van der Waals surface area contributed by atoms with Crippen LogP contribution in [-0.4, -0.2) is 63.7 Å². The Bertz CT molecular complexity index is 309. The van der Waals surface area contributed by atoms with Gasteiger partial charge in [-0.25, -0.2) is 0 Å². The number of carbonyl (C=O) groups is 2. The van der Waals surface area contributed by atoms with Gasteiger partial charge in [-0.1, -0.05) is 0 Å². The summed E-state index contributed by atoms with van der Waals surface area (Å²) in [7, 11) is 3.31. The Morgan fingerprint density at radius 1 is 1.37 bits per heavy atom. The predicted molar refractivity (Wildman–Crippen MR) is 72.7 cm³/mol. The lowest BCUT2D eigenvalue weighted by Crippen LogP contribution is -2.48. The van der Waals surface area contributed by atoms with Gasteiger partial charge in [0.2, 0.25) is 11.8 Å². The lowest BCUT2D eigenvalue weighted by molar-refractivity contribution is -0.133. The van der Waals surface area contributed by atoms with Crippen LogP contribution in [0.2, 0.25) is 0 Å². The molecule has 0 aliphatic carbocycles. The number of piperidine rings is 1. The molecule has 110 valence electrons. The van der Waals surface area contributed by atoms with E-state index in [1.807, 2.05) is 0 Å². The lowest BCUT2D eigenvalue weighted by atomic mass is 9.79. The number of carbonyl (C=O) groups excluding carboxylic acids is 2. The van der Waals surface area contributed by atoms with Gasteiger partial charge in [-0.15, -0.1) is 0 Å². The minimum atomic E-state index is -0.119. The van der Waals surface area contributed by atoms with Gasteiger partial charge in [0.05, 0.1) is 13.2 Å². The van der Waals surface area contributed by atoms with E-state index in [1.54, 1.807) is 14.2 Å². The zero-order chi connectivity index (χ0) is 14.3. The first kappa shape index (κ1) is 15.9. The van der Waals surface area contributed by atoms with Crippen molar-refractivity contribution in [1.29, 1.82) is 0 Å². The van der Waals surface area contributed by atoms with Crippen LogP contribution >= 0.6 is 0 Å². The van der Waals surface area contributed by atoms with E-state index in [0.29, 0.717) is 13.2 Å². The van der Waals surface area contributed by atoms with Crippen molar-refractivity contribution < 1.29 is 14.3 Å². The Hall–Kier alpha value is -1.14. The van der Waals surface area contributed by atoms with Gasteiger partial charge in [-0.2, -0.15) is 0 Å². The van der Waals surface area contributed by atoms with Gasteiger partial charge in [-0.05, 0) is 25.9 Å². The van der Waals surface area contributed by atoms with Gasteiger partial charge < -0.3 is 20.3 Å². The van der Waals surface area contributed by atoms with E-state index in [-0.39, 0.29) is 23.8 Å². The second-order valence-electron chi connectivity index (χ2n) is 5.33. The molecular formula is C13H25N3O3. The average molecular weight is 271 g/mol. The topological polar surface area (TPSA) is 70.7 Å². The number of amides is 2. The highest BCUT2D eigenvalue weighted by molar-refractivity contribution is 5.83. The number of likely N-dealkylation sites (N-methyl/N-ethyl adjacent to an activating group) is 1. The molecular weight excluding hydrogens is 246 g/mol. The second kappa shape index (κ2) is 7.45. The third-order valence-electron chi connectivity index (χ3n) is 3.69. The fourth-order valence-corrected chi connectivity index (χ4v) is 2.30. The number of methoxy groups -OCH3 is 1. The van der Waals surface area contributed by atoms with Gasteiger partial charge in [0, 0.05) is 33.0 Å². The molecule has 19 heavy (non-hydrogen) atoms. The first-order valence-electron chi connectivity index (χ1n) is 6.67. The maximum atomic E-state index is 11.8. The molecule has 0 aromatic carbocycles. The average Bonchev–Trinajstić information content (AvgIpc) is 2.38. The van der Waals surface area contributed by atoms with Crippen molar-refractivity contribution in [3.8, 4) is 0 Å². The van der Waals surface area contributed by atoms with Crippen molar-refractivity contribution in [2.75, 3.05) is 46.9 Å². The first-order chi connectivity index (χ1) is 8.99. The summed E-state index contributed by atoms with van der Waals surface area (Å²) in [4.78, 5) is 24.3. The number of ether oxygens (including phenoxy) is 1. The van der Waals surface area contributed by atoms with Crippen LogP contribution in [0.1, 0.15) is 19.8 Å². The van der Waals surface area contributed by atoms with Crippen molar-refractivity contribution in [1.82, 2.24) is 15.5 Å². The Morgan fingerprint density at radius 3 is 2.53 bits per heavy atom. The quantitative estimate of drug-likeness (QED) is 0.689. The highest BCUT2D eigenvalue weighted by Gasteiger charge is 2.32. The number of rotatable bonds is 6. The molecule has 0 unspecified atom stereocenters. The van der Waals surface area contributed by atoms with Gasteiger partial charge in [0.25, 0.3) is 0 Å². The van der Waals surface area contributed by atoms with E-state index in [4.69, 9.17) is 4.74 Å². The summed E-state index contributed by atoms with van der Waals surface area (Å²) in [6, 6.07) is 0. The summed E-state index contributed by atoms with van der Waals surface area (Å²) < 4.78 is 5.29. The van der Waals surface area contributed by atoms with Crippen molar-refractivity contribution in [2.45, 2.75) is 19.8 Å². The van der Waals surface area contributed by atoms with Crippen LogP contribution in [-0.2, 0) is 14.3 Å². The van der Waals surface area contributed by atoms with E-state index in [9.17, 15) is 9.59 Å². The smallest absolute Gasteiger partial charge is 0.239 e. The van der Waals surface area contributed by atoms with Crippen LogP contribution in [0.15, 0.2) is 0 Å². The molecule has 1 heterocycles. The summed E-state index contributed by atoms with van der Waals surface area (Å²) in [5, 5.41) is 6.23. The highest BCUT2D eigenvalue weighted by Crippen LogP contribution is 2.28. The SMILES string of the molecule is COCC1(CNC(=O)CN(C)C(C)=O)CCNCC1. The van der Waals surface area contributed by atoms with E-state index >= 15 is 0 Å². The monoisotopic (exact) mass is 271 g/mol. The van der Waals surface area contributed by atoms with Crippen LogP contribution in [0.25, 0.3) is 0 Å². The third-order valence-corrected chi connectivity index (χ3v) is 3.69. The fourth-order valence-electron chi connectivity index (χ4n) is 2.30. The van der Waals surface area contributed by atoms with Crippen LogP contribution < -0.4 is 10.6 Å². The van der Waals surface area contributed by atoms with Crippen molar-refractivity contribution >= 4 is 11.8 Å². The molecule has 0 bridgehead atoms. The zero-order valence-electron chi connectivity index (χ0n) is 12.1. The standard InChI is InChI=1S/C13H25N3O3/c1-11(17)16(2)8-12(18)15-9-13(10-19-3)4-6-14-7-5-13/h14H,4-10H2,1-3H3,(H,15,18). The highest BCUT2D eigenvalue weighted by atomic mass is 16.5. The molecule has 1 aliphatic rings. The summed E-state index contributed by atoms with van der Waals surface area (Å²) in [6.07, 6.45) is 1.98. The predicted octanol–water partition coefficient (Wildman–Crippen LogP) is -0.403. The molecule has 0 spiro atoms. The number of nitrogens with zero attached hydrogens (tertiary/aromatic N) is 1. The van der Waals surface area contributed by atoms with E-state index in [2.05, 4.69) is 10.6 Å². The molecule has 2 N–H and O–H groups in total. The Labute approximate surface area is 114 Å². The number of hydrogen-bond donors (Lipinski definition) is 2. The van der Waals surface area contributed by atoms with Gasteiger partial charge in [0.1, 0.15) is 0 Å². The molecule has 0 atom stereocenters. The normalized spacial score (nSPS) is 17.8. The lowest BCUT2D eigenvalue weighted by Gasteiger charge is -2.37. The molecule has 6 nitrogen and oxygen atoms in total. The van der Waals surface area contributed by atoms with Gasteiger partial charge >= 0.3 is 0 Å². The largest absolute Gasteiger partial charge is 0.384 e. The second-order valence-corrected chi connectivity index (χ2v) is 5.33. The van der Waals surface area contributed by atoms with Crippen molar-refractivity contribution in [2.24, 2.45) is 5.41 Å². The molecule has 0 radical (unpaired) electrons. The molecule has 0 aromatic rings. The molecule has 1 saturated heterocycles. The van der Waals surface area contributed by atoms with E-state index in [1.165, 1.54) is 11.8 Å². The van der Waals surface area contributed by atoms with Crippen molar-refractivity contribution in [3.63, 3.8) is 0 Å². The zero-order valence-corrected chi connectivity index (χ0v) is 12.1. The van der Waals surface area contributed by atoms with Crippen LogP contribution in [0.5, 0.6) is 0 Å². The van der Waals surface area contributed by atoms with Gasteiger partial charge in [0.15, 0.2) is 0 Å². The molecule has 1 rings (SSSR count). The fraction of sp³-hybridized carbons (Fsp3) is 0.846. The van der Waals surface area contributed by atoms with Gasteiger partial charge in [-0.3, -0.25) is 9.59 Å². The van der Waals surface area contributed by atoms with E-state index in [0.717, 1.165) is 25.9 Å². The van der Waals surface area contributed by atoms with Crippen LogP contribution in [0, 0.1) is 5.41 Å². The van der Waals surface area contributed by atoms with Crippen LogP contribution in [0.4, 0.5) is 0 Å². The number of nitrogens with one attached hydrogen (secondary N) is 2. The third kappa shape index (κ3) is 5.16. The maximum Gasteiger partial charge on any atom is 0.239 e. The molecule has 1 fully saturated rings. The number of hydrogen-bond acceptors (Lipinski definition) is 4. The summed E-state index contributed by atoms with van der Waals surface area (Å²) in [6.45, 7) is 4.72. The molecule has 0 aromatic heterocycles. The van der Waals surface area contributed by atoms with Crippen molar-refractivity contribution in [3.05, 3.63) is 0 Å². The summed E-state index contributed by atoms with van der Waals surface area (Å²) in [5.74, 6) is -0.227. The Balaban J connectivity index is 2.43. The van der Waals surface area contributed by atoms with E-state index < -0.39 is 0 Å². The molecule has 2 amide bonds. The molecule has 0 saturated carbocycles. The summed E-state index contributed by atoms with van der Waals surface area (Å²) >= 11 is 0. The molecule has 1 aliphatic heterocycles. The minimum absolute atomic E-state index is 0.0183. The Morgan fingerprint density at radius 2 is 2.00 bits per heavy atom. The Kier molecular flexibility index (Phi) is 6.24. The van der Waals surface area contributed by atoms with Crippen LogP contribution in [0.3, 0.4) is 0 Å². The first-order valence-corrected chi connectivity index (χ1v) is 6.67.